The Morgan fingerprint density at radius 3 is 2.29 bits per heavy atom. The Bertz CT molecular complexity index is 975. The number of hydrogen-bond donors (Lipinski definition) is 2. The molecule has 2 N–H and O–H groups in total. The van der Waals surface area contributed by atoms with E-state index in [1.54, 1.807) is 31.2 Å². The van der Waals surface area contributed by atoms with Gasteiger partial charge in [0.15, 0.2) is 0 Å². The molecule has 31 heavy (non-hydrogen) atoms. The van der Waals surface area contributed by atoms with Crippen LogP contribution in [0.1, 0.15) is 33.3 Å². The van der Waals surface area contributed by atoms with Gasteiger partial charge in [0.25, 0.3) is 5.91 Å². The lowest BCUT2D eigenvalue weighted by atomic mass is 9.92. The summed E-state index contributed by atoms with van der Waals surface area (Å²) in [6, 6.07) is 13.9. The Balaban J connectivity index is 1.67. The molecule has 2 aromatic rings. The van der Waals surface area contributed by atoms with Crippen molar-refractivity contribution in [3.8, 4) is 0 Å². The van der Waals surface area contributed by atoms with E-state index in [0.29, 0.717) is 22.3 Å². The fraction of sp³-hybridized carbons (Fsp3) is 0.348. The first-order valence-electron chi connectivity index (χ1n) is 10.2. The molecule has 164 valence electrons. The zero-order valence-electron chi connectivity index (χ0n) is 18.1. The van der Waals surface area contributed by atoms with E-state index in [1.807, 2.05) is 24.3 Å². The van der Waals surface area contributed by atoms with Crippen molar-refractivity contribution in [2.45, 2.75) is 39.3 Å². The maximum absolute atomic E-state index is 13.0. The van der Waals surface area contributed by atoms with Gasteiger partial charge < -0.3 is 15.5 Å². The molecule has 1 saturated heterocycles. The number of nitrogens with one attached hydrogen (secondary N) is 2. The number of urea groups is 1. The first-order valence-corrected chi connectivity index (χ1v) is 10.6. The third kappa shape index (κ3) is 4.66. The minimum Gasteiger partial charge on any atom is -0.369 e. The normalized spacial score (nSPS) is 18.3. The number of benzene rings is 2. The molecule has 7 nitrogen and oxygen atoms in total. The standard InChI is InChI=1S/C23H27ClN4O3/c1-5-27(15(2)3)19-12-10-18(11-13-19)25-20(29)14-28-21(30)23(4,26-22(28)31)16-6-8-17(24)9-7-16/h6-13,15H,5,14H2,1-4H3,(H,25,29)(H,26,31). The molecule has 3 rings (SSSR count). The molecule has 1 heterocycles. The lowest BCUT2D eigenvalue weighted by Crippen LogP contribution is -2.42. The number of nitrogens with zero attached hydrogens (tertiary/aromatic N) is 2. The van der Waals surface area contributed by atoms with E-state index >= 15 is 0 Å². The zero-order chi connectivity index (χ0) is 22.8. The van der Waals surface area contributed by atoms with Gasteiger partial charge in [0.2, 0.25) is 5.91 Å². The van der Waals surface area contributed by atoms with Gasteiger partial charge in [-0.2, -0.15) is 0 Å². The van der Waals surface area contributed by atoms with Gasteiger partial charge in [-0.1, -0.05) is 23.7 Å². The average Bonchev–Trinajstić information content (AvgIpc) is 2.94. The third-order valence-corrected chi connectivity index (χ3v) is 5.70. The van der Waals surface area contributed by atoms with Crippen LogP contribution in [0.15, 0.2) is 48.5 Å². The maximum Gasteiger partial charge on any atom is 0.325 e. The lowest BCUT2D eigenvalue weighted by Gasteiger charge is -2.27. The Labute approximate surface area is 187 Å². The highest BCUT2D eigenvalue weighted by Crippen LogP contribution is 2.29. The van der Waals surface area contributed by atoms with Crippen LogP contribution in [0.2, 0.25) is 5.02 Å². The van der Waals surface area contributed by atoms with Gasteiger partial charge in [0, 0.05) is 29.0 Å². The molecule has 8 heteroatoms. The van der Waals surface area contributed by atoms with Crippen LogP contribution in [0.4, 0.5) is 16.2 Å². The van der Waals surface area contributed by atoms with E-state index in [-0.39, 0.29) is 6.54 Å². The number of imide groups is 1. The quantitative estimate of drug-likeness (QED) is 0.635. The Kier molecular flexibility index (Phi) is 6.55. The topological polar surface area (TPSA) is 81.8 Å². The van der Waals surface area contributed by atoms with Crippen molar-refractivity contribution in [3.63, 3.8) is 0 Å². The number of carbonyl (C=O) groups is 3. The molecular formula is C23H27ClN4O3. The highest BCUT2D eigenvalue weighted by molar-refractivity contribution is 6.30. The molecule has 1 fully saturated rings. The Morgan fingerprint density at radius 2 is 1.74 bits per heavy atom. The molecule has 0 saturated carbocycles. The second-order valence-corrected chi connectivity index (χ2v) is 8.36. The SMILES string of the molecule is CCN(c1ccc(NC(=O)CN2C(=O)NC(C)(c3ccc(Cl)cc3)C2=O)cc1)C(C)C. The minimum atomic E-state index is -1.25. The summed E-state index contributed by atoms with van der Waals surface area (Å²) < 4.78 is 0. The van der Waals surface area contributed by atoms with Crippen molar-refractivity contribution in [1.82, 2.24) is 10.2 Å². The first-order chi connectivity index (χ1) is 14.7. The number of halogens is 1. The highest BCUT2D eigenvalue weighted by Gasteiger charge is 2.49. The Hall–Kier alpha value is -3.06. The van der Waals surface area contributed by atoms with Gasteiger partial charge in [-0.3, -0.25) is 14.5 Å². The summed E-state index contributed by atoms with van der Waals surface area (Å²) in [6.45, 7) is 8.45. The van der Waals surface area contributed by atoms with Crippen LogP contribution in [0.3, 0.4) is 0 Å². The zero-order valence-corrected chi connectivity index (χ0v) is 18.9. The van der Waals surface area contributed by atoms with Crippen molar-refractivity contribution in [2.75, 3.05) is 23.3 Å². The van der Waals surface area contributed by atoms with Crippen LogP contribution < -0.4 is 15.5 Å². The van der Waals surface area contributed by atoms with Crippen LogP contribution in [0.25, 0.3) is 0 Å². The van der Waals surface area contributed by atoms with E-state index in [1.165, 1.54) is 0 Å². The molecule has 1 unspecified atom stereocenters. The van der Waals surface area contributed by atoms with Gasteiger partial charge >= 0.3 is 6.03 Å². The molecular weight excluding hydrogens is 416 g/mol. The smallest absolute Gasteiger partial charge is 0.325 e. The molecule has 0 spiro atoms. The van der Waals surface area contributed by atoms with Gasteiger partial charge in [-0.25, -0.2) is 4.79 Å². The summed E-state index contributed by atoms with van der Waals surface area (Å²) in [5.41, 5.74) is 1.01. The molecule has 0 aromatic heterocycles. The van der Waals surface area contributed by atoms with Crippen LogP contribution in [-0.2, 0) is 15.1 Å². The Morgan fingerprint density at radius 1 is 1.13 bits per heavy atom. The largest absolute Gasteiger partial charge is 0.369 e. The molecule has 1 aliphatic heterocycles. The van der Waals surface area contributed by atoms with Crippen LogP contribution in [0, 0.1) is 0 Å². The van der Waals surface area contributed by atoms with Crippen molar-refractivity contribution < 1.29 is 14.4 Å². The van der Waals surface area contributed by atoms with E-state index in [4.69, 9.17) is 11.6 Å². The number of carbonyl (C=O) groups excluding carboxylic acids is 3. The highest BCUT2D eigenvalue weighted by atomic mass is 35.5. The number of hydrogen-bond acceptors (Lipinski definition) is 4. The molecule has 0 radical (unpaired) electrons. The van der Waals surface area contributed by atoms with Gasteiger partial charge in [0.1, 0.15) is 12.1 Å². The van der Waals surface area contributed by atoms with E-state index < -0.39 is 23.4 Å². The van der Waals surface area contributed by atoms with Gasteiger partial charge in [-0.05, 0) is 69.7 Å². The van der Waals surface area contributed by atoms with Gasteiger partial charge in [0.05, 0.1) is 0 Å². The van der Waals surface area contributed by atoms with Crippen LogP contribution >= 0.6 is 11.6 Å². The summed E-state index contributed by atoms with van der Waals surface area (Å²) in [5.74, 6) is -0.936. The predicted molar refractivity (Wildman–Crippen MR) is 122 cm³/mol. The first kappa shape index (κ1) is 22.6. The van der Waals surface area contributed by atoms with Crippen LogP contribution in [0.5, 0.6) is 0 Å². The number of anilines is 2. The van der Waals surface area contributed by atoms with E-state index in [0.717, 1.165) is 17.1 Å². The van der Waals surface area contributed by atoms with Crippen molar-refractivity contribution >= 4 is 40.8 Å². The summed E-state index contributed by atoms with van der Waals surface area (Å²) in [4.78, 5) is 41.1. The van der Waals surface area contributed by atoms with Crippen molar-refractivity contribution in [3.05, 3.63) is 59.1 Å². The van der Waals surface area contributed by atoms with Crippen LogP contribution in [-0.4, -0.2) is 41.9 Å². The summed E-state index contributed by atoms with van der Waals surface area (Å²) in [6.07, 6.45) is 0. The van der Waals surface area contributed by atoms with Crippen molar-refractivity contribution in [2.24, 2.45) is 0 Å². The van der Waals surface area contributed by atoms with E-state index in [2.05, 4.69) is 36.3 Å². The monoisotopic (exact) mass is 442 g/mol. The molecule has 4 amide bonds. The molecule has 0 bridgehead atoms. The molecule has 0 aliphatic carbocycles. The van der Waals surface area contributed by atoms with E-state index in [9.17, 15) is 14.4 Å². The average molecular weight is 443 g/mol. The molecule has 1 atom stereocenters. The maximum atomic E-state index is 13.0. The predicted octanol–water partition coefficient (Wildman–Crippen LogP) is 3.98. The summed E-state index contributed by atoms with van der Waals surface area (Å²) in [5, 5.41) is 5.96. The second kappa shape index (κ2) is 8.98. The fourth-order valence-electron chi connectivity index (χ4n) is 3.75. The second-order valence-electron chi connectivity index (χ2n) is 7.93. The summed E-state index contributed by atoms with van der Waals surface area (Å²) in [7, 11) is 0. The lowest BCUT2D eigenvalue weighted by molar-refractivity contribution is -0.133. The third-order valence-electron chi connectivity index (χ3n) is 5.45. The summed E-state index contributed by atoms with van der Waals surface area (Å²) >= 11 is 5.92. The number of rotatable bonds is 7. The fourth-order valence-corrected chi connectivity index (χ4v) is 3.87. The number of amides is 4. The molecule has 2 aromatic carbocycles. The molecule has 1 aliphatic rings. The van der Waals surface area contributed by atoms with Crippen molar-refractivity contribution in [1.29, 1.82) is 0 Å². The van der Waals surface area contributed by atoms with Gasteiger partial charge in [-0.15, -0.1) is 0 Å². The minimum absolute atomic E-state index is 0.361.